The van der Waals surface area contributed by atoms with Crippen LogP contribution in [0.5, 0.6) is 0 Å². The molecule has 0 radical (unpaired) electrons. The smallest absolute Gasteiger partial charge is 0.332 e. The molecule has 0 saturated heterocycles. The average Bonchev–Trinajstić information content (AvgIpc) is 2.49. The van der Waals surface area contributed by atoms with Gasteiger partial charge in [-0.05, 0) is 20.8 Å². The lowest BCUT2D eigenvalue weighted by molar-refractivity contribution is -0.150. The van der Waals surface area contributed by atoms with E-state index in [4.69, 9.17) is 0 Å². The summed E-state index contributed by atoms with van der Waals surface area (Å²) in [5.41, 5.74) is -1.52. The fourth-order valence-electron chi connectivity index (χ4n) is 1.38. The van der Waals surface area contributed by atoms with Gasteiger partial charge in [-0.1, -0.05) is 6.08 Å². The molecule has 0 aliphatic rings. The summed E-state index contributed by atoms with van der Waals surface area (Å²) < 4.78 is 8.99. The van der Waals surface area contributed by atoms with Gasteiger partial charge in [0.2, 0.25) is 11.8 Å². The van der Waals surface area contributed by atoms with Crippen LogP contribution in [0.1, 0.15) is 20.8 Å². The van der Waals surface area contributed by atoms with Gasteiger partial charge >= 0.3 is 11.9 Å². The second kappa shape index (κ2) is 8.16. The molecule has 22 heavy (non-hydrogen) atoms. The molecule has 0 saturated carbocycles. The van der Waals surface area contributed by atoms with E-state index in [1.165, 1.54) is 41.1 Å². The van der Waals surface area contributed by atoms with Gasteiger partial charge < -0.3 is 20.1 Å². The molecule has 0 aliphatic heterocycles. The number of amides is 2. The Morgan fingerprint density at radius 2 is 1.45 bits per heavy atom. The molecule has 0 bridgehead atoms. The number of hydrogen-bond donors (Lipinski definition) is 2. The quantitative estimate of drug-likeness (QED) is 0.373. The van der Waals surface area contributed by atoms with E-state index >= 15 is 0 Å². The second-order valence-electron chi connectivity index (χ2n) is 5.05. The molecule has 8 nitrogen and oxygen atoms in total. The molecular formula is C14H22N2O6. The van der Waals surface area contributed by atoms with Gasteiger partial charge in [0.15, 0.2) is 0 Å². The van der Waals surface area contributed by atoms with Gasteiger partial charge in [0.25, 0.3) is 0 Å². The van der Waals surface area contributed by atoms with Gasteiger partial charge in [-0.15, -0.1) is 6.58 Å². The molecule has 2 unspecified atom stereocenters. The largest absolute Gasteiger partial charge is 0.467 e. The maximum absolute atomic E-state index is 12.2. The highest BCUT2D eigenvalue weighted by molar-refractivity contribution is 6.06. The van der Waals surface area contributed by atoms with Crippen molar-refractivity contribution in [1.29, 1.82) is 0 Å². The van der Waals surface area contributed by atoms with Crippen molar-refractivity contribution < 1.29 is 28.7 Å². The van der Waals surface area contributed by atoms with Crippen molar-refractivity contribution in [2.75, 3.05) is 14.2 Å². The normalized spacial score (nSPS) is 13.3. The van der Waals surface area contributed by atoms with Crippen LogP contribution in [0.25, 0.3) is 0 Å². The first-order valence-electron chi connectivity index (χ1n) is 6.51. The lowest BCUT2D eigenvalue weighted by Crippen LogP contribution is -2.54. The first-order chi connectivity index (χ1) is 10.1. The molecule has 0 heterocycles. The summed E-state index contributed by atoms with van der Waals surface area (Å²) >= 11 is 0. The Labute approximate surface area is 129 Å². The number of rotatable bonds is 7. The highest BCUT2D eigenvalue weighted by atomic mass is 16.5. The van der Waals surface area contributed by atoms with Crippen LogP contribution in [0.3, 0.4) is 0 Å². The summed E-state index contributed by atoms with van der Waals surface area (Å²) in [4.78, 5) is 47.0. The van der Waals surface area contributed by atoms with Crippen LogP contribution in [-0.2, 0) is 28.7 Å². The van der Waals surface area contributed by atoms with Crippen LogP contribution in [0.4, 0.5) is 0 Å². The van der Waals surface area contributed by atoms with Crippen LogP contribution in [-0.4, -0.2) is 50.1 Å². The van der Waals surface area contributed by atoms with Crippen molar-refractivity contribution in [3.63, 3.8) is 0 Å². The molecule has 0 spiro atoms. The summed E-state index contributed by atoms with van der Waals surface area (Å²) in [5.74, 6) is -2.74. The molecule has 0 aromatic heterocycles. The third-order valence-electron chi connectivity index (χ3n) is 3.02. The molecule has 0 fully saturated rings. The van der Waals surface area contributed by atoms with E-state index in [1.54, 1.807) is 0 Å². The third kappa shape index (κ3) is 4.87. The molecule has 0 aliphatic carbocycles. The first-order valence-corrected chi connectivity index (χ1v) is 6.51. The van der Waals surface area contributed by atoms with Crippen molar-refractivity contribution in [1.82, 2.24) is 10.6 Å². The van der Waals surface area contributed by atoms with E-state index in [1.807, 2.05) is 0 Å². The van der Waals surface area contributed by atoms with E-state index in [0.29, 0.717) is 0 Å². The zero-order valence-corrected chi connectivity index (χ0v) is 13.4. The highest BCUT2D eigenvalue weighted by Crippen LogP contribution is 2.16. The molecule has 0 aromatic carbocycles. The molecular weight excluding hydrogens is 292 g/mol. The van der Waals surface area contributed by atoms with E-state index in [9.17, 15) is 19.2 Å². The summed E-state index contributed by atoms with van der Waals surface area (Å²) in [6.45, 7) is 7.57. The van der Waals surface area contributed by atoms with Gasteiger partial charge in [0.1, 0.15) is 17.5 Å². The highest BCUT2D eigenvalue weighted by Gasteiger charge is 2.39. The van der Waals surface area contributed by atoms with Crippen molar-refractivity contribution >= 4 is 23.8 Å². The lowest BCUT2D eigenvalue weighted by atomic mass is 9.90. The predicted octanol–water partition coefficient (Wildman–Crippen LogP) is -0.466. The Kier molecular flexibility index (Phi) is 7.28. The van der Waals surface area contributed by atoms with Crippen LogP contribution in [0, 0.1) is 5.41 Å². The topological polar surface area (TPSA) is 111 Å². The number of hydrogen-bond acceptors (Lipinski definition) is 6. The van der Waals surface area contributed by atoms with Gasteiger partial charge in [-0.3, -0.25) is 9.59 Å². The summed E-state index contributed by atoms with van der Waals surface area (Å²) in [6, 6.07) is -1.97. The Balaban J connectivity index is 4.94. The Morgan fingerprint density at radius 3 is 1.86 bits per heavy atom. The van der Waals surface area contributed by atoms with Crippen molar-refractivity contribution in [2.45, 2.75) is 32.9 Å². The van der Waals surface area contributed by atoms with Crippen LogP contribution in [0.2, 0.25) is 0 Å². The molecule has 0 aromatic rings. The van der Waals surface area contributed by atoms with Gasteiger partial charge in [-0.2, -0.15) is 0 Å². The Hall–Kier alpha value is -2.38. The van der Waals surface area contributed by atoms with E-state index in [-0.39, 0.29) is 0 Å². The molecule has 2 atom stereocenters. The van der Waals surface area contributed by atoms with Crippen LogP contribution in [0.15, 0.2) is 12.7 Å². The minimum Gasteiger partial charge on any atom is -0.467 e. The van der Waals surface area contributed by atoms with Crippen molar-refractivity contribution in [3.8, 4) is 0 Å². The fourth-order valence-corrected chi connectivity index (χ4v) is 1.38. The van der Waals surface area contributed by atoms with Crippen LogP contribution >= 0.6 is 0 Å². The maximum Gasteiger partial charge on any atom is 0.332 e. The monoisotopic (exact) mass is 314 g/mol. The van der Waals surface area contributed by atoms with E-state index in [2.05, 4.69) is 26.7 Å². The Morgan fingerprint density at radius 1 is 1.00 bits per heavy atom. The summed E-state index contributed by atoms with van der Waals surface area (Å²) in [7, 11) is 2.36. The SMILES string of the molecule is C=CC(NC(=O)C(C)(C)C(=O)NC(C)C(=O)OC)C(=O)OC. The molecule has 0 rings (SSSR count). The number of carbonyl (C=O) groups excluding carboxylic acids is 4. The van der Waals surface area contributed by atoms with Gasteiger partial charge in [0, 0.05) is 0 Å². The number of carbonyl (C=O) groups is 4. The zero-order chi connectivity index (χ0) is 17.5. The van der Waals surface area contributed by atoms with Crippen LogP contribution < -0.4 is 10.6 Å². The minimum absolute atomic E-state index is 0.636. The minimum atomic E-state index is -1.52. The number of esters is 2. The average molecular weight is 314 g/mol. The lowest BCUT2D eigenvalue weighted by Gasteiger charge is -2.25. The molecule has 8 heteroatoms. The fraction of sp³-hybridized carbons (Fsp3) is 0.571. The van der Waals surface area contributed by atoms with Gasteiger partial charge in [0.05, 0.1) is 14.2 Å². The standard InChI is InChI=1S/C14H22N2O6/c1-7-9(11(18)22-6)16-13(20)14(3,4)12(19)15-8(2)10(17)21-5/h7-9H,1H2,2-6H3,(H,15,19)(H,16,20). The summed E-state index contributed by atoms with van der Waals surface area (Å²) in [6.07, 6.45) is 1.19. The Bertz CT molecular complexity index is 472. The number of nitrogens with one attached hydrogen (secondary N) is 2. The zero-order valence-electron chi connectivity index (χ0n) is 13.4. The predicted molar refractivity (Wildman–Crippen MR) is 77.5 cm³/mol. The molecule has 2 amide bonds. The summed E-state index contributed by atoms with van der Waals surface area (Å²) in [5, 5.41) is 4.72. The van der Waals surface area contributed by atoms with Crippen molar-refractivity contribution in [2.24, 2.45) is 5.41 Å². The van der Waals surface area contributed by atoms with Crippen molar-refractivity contribution in [3.05, 3.63) is 12.7 Å². The van der Waals surface area contributed by atoms with E-state index in [0.717, 1.165) is 0 Å². The third-order valence-corrected chi connectivity index (χ3v) is 3.02. The number of ether oxygens (including phenoxy) is 2. The maximum atomic E-state index is 12.2. The molecule has 2 N–H and O–H groups in total. The number of methoxy groups -OCH3 is 2. The molecule has 124 valence electrons. The first kappa shape index (κ1) is 19.6. The van der Waals surface area contributed by atoms with Gasteiger partial charge in [-0.25, -0.2) is 9.59 Å². The van der Waals surface area contributed by atoms with E-state index < -0.39 is 41.3 Å². The second-order valence-corrected chi connectivity index (χ2v) is 5.05.